The van der Waals surface area contributed by atoms with Crippen LogP contribution in [0.3, 0.4) is 0 Å². The summed E-state index contributed by atoms with van der Waals surface area (Å²) in [5, 5.41) is 12.7. The van der Waals surface area contributed by atoms with Crippen LogP contribution in [0.15, 0.2) is 176 Å². The summed E-state index contributed by atoms with van der Waals surface area (Å²) in [6.07, 6.45) is 0. The van der Waals surface area contributed by atoms with Gasteiger partial charge in [0, 0.05) is 16.2 Å². The number of para-hydroxylation sites is 1. The molecule has 10 rings (SSSR count). The van der Waals surface area contributed by atoms with Gasteiger partial charge in [-0.05, 0) is 96.4 Å². The zero-order valence-corrected chi connectivity index (χ0v) is 25.7. The Balaban J connectivity index is 1.15. The maximum Gasteiger partial charge on any atom is 0.0546 e. The number of benzene rings is 9. The molecule has 0 amide bonds. The van der Waals surface area contributed by atoms with Gasteiger partial charge < -0.3 is 4.57 Å². The van der Waals surface area contributed by atoms with Gasteiger partial charge in [-0.2, -0.15) is 0 Å². The largest absolute Gasteiger partial charge is 0.309 e. The number of hydrogen-bond donors (Lipinski definition) is 0. The van der Waals surface area contributed by atoms with Crippen molar-refractivity contribution in [1.82, 2.24) is 4.57 Å². The Labute approximate surface area is 272 Å². The van der Waals surface area contributed by atoms with Crippen LogP contribution < -0.4 is 0 Å². The van der Waals surface area contributed by atoms with E-state index in [2.05, 4.69) is 180 Å². The first-order valence-corrected chi connectivity index (χ1v) is 16.3. The van der Waals surface area contributed by atoms with Crippen molar-refractivity contribution in [3.63, 3.8) is 0 Å². The summed E-state index contributed by atoms with van der Waals surface area (Å²) in [7, 11) is 0. The molecule has 0 fully saturated rings. The summed E-state index contributed by atoms with van der Waals surface area (Å²) >= 11 is 0. The highest BCUT2D eigenvalue weighted by molar-refractivity contribution is 6.15. The first-order chi connectivity index (χ1) is 23.3. The summed E-state index contributed by atoms with van der Waals surface area (Å²) in [6.45, 7) is 0. The van der Waals surface area contributed by atoms with Gasteiger partial charge in [0.15, 0.2) is 0 Å². The van der Waals surface area contributed by atoms with Crippen molar-refractivity contribution in [3.8, 4) is 27.9 Å². The smallest absolute Gasteiger partial charge is 0.0546 e. The van der Waals surface area contributed by atoms with E-state index in [4.69, 9.17) is 0 Å². The molecule has 1 heteroatoms. The molecule has 0 aliphatic heterocycles. The fraction of sp³-hybridized carbons (Fsp3) is 0. The Hall–Kier alpha value is -6.18. The normalized spacial score (nSPS) is 11.8. The average Bonchev–Trinajstić information content (AvgIpc) is 3.48. The summed E-state index contributed by atoms with van der Waals surface area (Å²) in [5.74, 6) is 0. The van der Waals surface area contributed by atoms with Crippen LogP contribution in [0.25, 0.3) is 92.8 Å². The molecule has 10 aromatic rings. The van der Waals surface area contributed by atoms with Crippen LogP contribution in [0.5, 0.6) is 0 Å². The first-order valence-electron chi connectivity index (χ1n) is 16.3. The van der Waals surface area contributed by atoms with Crippen molar-refractivity contribution in [2.75, 3.05) is 0 Å². The minimum atomic E-state index is 1.21. The molecule has 0 N–H and O–H groups in total. The first kappa shape index (κ1) is 26.1. The van der Waals surface area contributed by atoms with Gasteiger partial charge in [0.25, 0.3) is 0 Å². The van der Waals surface area contributed by atoms with Crippen LogP contribution in [0.4, 0.5) is 0 Å². The highest BCUT2D eigenvalue weighted by atomic mass is 15.0. The summed E-state index contributed by atoms with van der Waals surface area (Å²) in [5.41, 5.74) is 8.54. The van der Waals surface area contributed by atoms with Gasteiger partial charge in [0.1, 0.15) is 0 Å². The van der Waals surface area contributed by atoms with Gasteiger partial charge >= 0.3 is 0 Å². The topological polar surface area (TPSA) is 4.93 Å². The quantitative estimate of drug-likeness (QED) is 0.179. The maximum atomic E-state index is 2.46. The zero-order valence-electron chi connectivity index (χ0n) is 25.7. The van der Waals surface area contributed by atoms with E-state index >= 15 is 0 Å². The molecule has 0 aliphatic carbocycles. The monoisotopic (exact) mass is 595 g/mol. The second-order valence-corrected chi connectivity index (χ2v) is 12.6. The molecule has 0 bridgehead atoms. The molecule has 1 heterocycles. The summed E-state index contributed by atoms with van der Waals surface area (Å²) < 4.78 is 2.46. The molecule has 47 heavy (non-hydrogen) atoms. The fourth-order valence-electron chi connectivity index (χ4n) is 7.69. The van der Waals surface area contributed by atoms with Crippen LogP contribution >= 0.6 is 0 Å². The predicted molar refractivity (Wildman–Crippen MR) is 202 cm³/mol. The number of hydrogen-bond acceptors (Lipinski definition) is 0. The number of aromatic nitrogens is 1. The third kappa shape index (κ3) is 4.03. The molecule has 0 unspecified atom stereocenters. The van der Waals surface area contributed by atoms with E-state index < -0.39 is 0 Å². The fourth-order valence-corrected chi connectivity index (χ4v) is 7.69. The Morgan fingerprint density at radius 3 is 1.55 bits per heavy atom. The van der Waals surface area contributed by atoms with Crippen LogP contribution in [0.1, 0.15) is 0 Å². The molecule has 0 spiro atoms. The lowest BCUT2D eigenvalue weighted by Gasteiger charge is -2.14. The lowest BCUT2D eigenvalue weighted by atomic mass is 9.95. The Bertz CT molecular complexity index is 2850. The molecule has 0 saturated heterocycles. The maximum absolute atomic E-state index is 2.46. The Morgan fingerprint density at radius 1 is 0.255 bits per heavy atom. The van der Waals surface area contributed by atoms with E-state index in [1.165, 1.54) is 92.8 Å². The lowest BCUT2D eigenvalue weighted by molar-refractivity contribution is 1.20. The number of fused-ring (bicyclic) bond motifs is 9. The second-order valence-electron chi connectivity index (χ2n) is 12.6. The Morgan fingerprint density at radius 2 is 0.766 bits per heavy atom. The van der Waals surface area contributed by atoms with Crippen molar-refractivity contribution in [3.05, 3.63) is 176 Å². The van der Waals surface area contributed by atoms with Gasteiger partial charge in [-0.3, -0.25) is 0 Å². The van der Waals surface area contributed by atoms with Gasteiger partial charge in [-0.15, -0.1) is 0 Å². The van der Waals surface area contributed by atoms with Crippen molar-refractivity contribution >= 4 is 64.9 Å². The van der Waals surface area contributed by atoms with Gasteiger partial charge in [-0.1, -0.05) is 140 Å². The molecule has 0 atom stereocenters. The van der Waals surface area contributed by atoms with Gasteiger partial charge in [0.2, 0.25) is 0 Å². The van der Waals surface area contributed by atoms with Crippen LogP contribution in [0, 0.1) is 0 Å². The Kier molecular flexibility index (Phi) is 5.64. The molecule has 1 aromatic heterocycles. The molecule has 0 saturated carbocycles. The number of nitrogens with zero attached hydrogens (tertiary/aromatic N) is 1. The molecule has 218 valence electrons. The standard InChI is InChI=1S/C46H29N/c1-3-14-37-30(10-1)20-21-31-22-23-34(27-42(31)37)32-12-9-13-33(26-32)35-24-25-45-43(28-35)41-18-7-8-19-44(41)47(45)46-29-36-11-2-4-15-38(36)39-16-5-6-17-40(39)46/h1-29H. The van der Waals surface area contributed by atoms with Crippen LogP contribution in [-0.4, -0.2) is 4.57 Å². The molecule has 0 aliphatic rings. The van der Waals surface area contributed by atoms with E-state index in [1.54, 1.807) is 0 Å². The van der Waals surface area contributed by atoms with E-state index in [9.17, 15) is 0 Å². The molecule has 9 aromatic carbocycles. The molecular weight excluding hydrogens is 567 g/mol. The molecule has 0 radical (unpaired) electrons. The molecular formula is C46H29N. The van der Waals surface area contributed by atoms with Crippen LogP contribution in [0.2, 0.25) is 0 Å². The molecule has 1 nitrogen and oxygen atoms in total. The second kappa shape index (κ2) is 10.2. The number of rotatable bonds is 3. The van der Waals surface area contributed by atoms with Crippen molar-refractivity contribution in [1.29, 1.82) is 0 Å². The highest BCUT2D eigenvalue weighted by Crippen LogP contribution is 2.39. The summed E-state index contributed by atoms with van der Waals surface area (Å²) in [6, 6.07) is 64.6. The lowest BCUT2D eigenvalue weighted by Crippen LogP contribution is -1.96. The van der Waals surface area contributed by atoms with E-state index in [0.717, 1.165) is 0 Å². The third-order valence-electron chi connectivity index (χ3n) is 9.94. The highest BCUT2D eigenvalue weighted by Gasteiger charge is 2.16. The summed E-state index contributed by atoms with van der Waals surface area (Å²) in [4.78, 5) is 0. The minimum Gasteiger partial charge on any atom is -0.309 e. The van der Waals surface area contributed by atoms with Crippen LogP contribution in [-0.2, 0) is 0 Å². The zero-order chi connectivity index (χ0) is 30.9. The third-order valence-corrected chi connectivity index (χ3v) is 9.94. The van der Waals surface area contributed by atoms with Gasteiger partial charge in [0.05, 0.1) is 16.7 Å². The average molecular weight is 596 g/mol. The van der Waals surface area contributed by atoms with Crippen molar-refractivity contribution < 1.29 is 0 Å². The van der Waals surface area contributed by atoms with E-state index in [1.807, 2.05) is 0 Å². The van der Waals surface area contributed by atoms with Gasteiger partial charge in [-0.25, -0.2) is 0 Å². The predicted octanol–water partition coefficient (Wildman–Crippen LogP) is 12.7. The van der Waals surface area contributed by atoms with E-state index in [0.29, 0.717) is 0 Å². The SMILES string of the molecule is c1cc(-c2ccc3ccc4ccccc4c3c2)cc(-c2ccc3c(c2)c2ccccc2n3-c2cc3ccccc3c3ccccc23)c1. The van der Waals surface area contributed by atoms with E-state index in [-0.39, 0.29) is 0 Å². The van der Waals surface area contributed by atoms with Crippen molar-refractivity contribution in [2.45, 2.75) is 0 Å². The minimum absolute atomic E-state index is 1.21. The van der Waals surface area contributed by atoms with Crippen molar-refractivity contribution in [2.24, 2.45) is 0 Å².